The molecule has 0 aromatic carbocycles. The second-order valence-electron chi connectivity index (χ2n) is 17.5. The standard InChI is InChI=1S/C54H99O9P/c1-3-5-7-9-11-13-15-17-19-21-23-25-27-29-31-33-35-37-39-41-43-45-47-60-50-53(51-62-64(58,59)61-49-52(56)48-55)63-54(57)46-44-42-40-38-36-34-32-30-28-26-24-22-20-18-16-14-12-10-8-6-4-2/h6,8,12,14,18,20,24,26,30,32,52-53,55-56H,3-5,7,9-11,13,15-17,19,21-23,25,27-29,31,33-51H2,1-2H3,(H,58,59)/b8-6-,14-12-,20-18-,26-24-,32-30-. The SMILES string of the molecule is CC/C=C\C/C=C\C/C=C\C/C=C\C/C=C\CCCCCCCC(=O)OC(COCCCCCCCCCCCCCCCCCCCCCCCC)COP(=O)(O)OCC(O)CO. The van der Waals surface area contributed by atoms with Gasteiger partial charge in [-0.25, -0.2) is 4.57 Å². The van der Waals surface area contributed by atoms with Crippen molar-refractivity contribution in [3.05, 3.63) is 60.8 Å². The van der Waals surface area contributed by atoms with Crippen LogP contribution in [0.4, 0.5) is 0 Å². The van der Waals surface area contributed by atoms with Crippen LogP contribution < -0.4 is 0 Å². The molecule has 0 saturated heterocycles. The summed E-state index contributed by atoms with van der Waals surface area (Å²) in [4.78, 5) is 22.7. The number of esters is 1. The Bertz CT molecular complexity index is 1180. The number of carbonyl (C=O) groups excluding carboxylic acids is 1. The summed E-state index contributed by atoms with van der Waals surface area (Å²) in [5.74, 6) is -0.398. The van der Waals surface area contributed by atoms with Gasteiger partial charge in [0.15, 0.2) is 0 Å². The summed E-state index contributed by atoms with van der Waals surface area (Å²) in [6, 6.07) is 0. The lowest BCUT2D eigenvalue weighted by molar-refractivity contribution is -0.154. The van der Waals surface area contributed by atoms with Crippen LogP contribution in [0, 0.1) is 0 Å². The maximum Gasteiger partial charge on any atom is 0.472 e. The lowest BCUT2D eigenvalue weighted by atomic mass is 10.0. The number of aliphatic hydroxyl groups excluding tert-OH is 2. The molecule has 0 fully saturated rings. The van der Waals surface area contributed by atoms with Gasteiger partial charge < -0.3 is 24.6 Å². The summed E-state index contributed by atoms with van der Waals surface area (Å²) in [6.07, 6.45) is 60.5. The summed E-state index contributed by atoms with van der Waals surface area (Å²) < 4.78 is 33.5. The maximum absolute atomic E-state index is 12.7. The van der Waals surface area contributed by atoms with E-state index in [4.69, 9.17) is 23.6 Å². The van der Waals surface area contributed by atoms with Gasteiger partial charge in [0.05, 0.1) is 26.4 Å². The van der Waals surface area contributed by atoms with Crippen molar-refractivity contribution in [3.8, 4) is 0 Å². The summed E-state index contributed by atoms with van der Waals surface area (Å²) in [7, 11) is -4.53. The highest BCUT2D eigenvalue weighted by molar-refractivity contribution is 7.47. The van der Waals surface area contributed by atoms with Crippen LogP contribution in [-0.4, -0.2) is 66.3 Å². The third kappa shape index (κ3) is 49.6. The van der Waals surface area contributed by atoms with Crippen LogP contribution in [-0.2, 0) is 27.9 Å². The summed E-state index contributed by atoms with van der Waals surface area (Å²) in [6.45, 7) is 3.42. The van der Waals surface area contributed by atoms with Gasteiger partial charge in [-0.15, -0.1) is 0 Å². The lowest BCUT2D eigenvalue weighted by Crippen LogP contribution is -2.29. The van der Waals surface area contributed by atoms with E-state index in [9.17, 15) is 19.4 Å². The molecule has 0 aromatic rings. The maximum atomic E-state index is 12.7. The molecule has 0 spiro atoms. The van der Waals surface area contributed by atoms with E-state index in [1.54, 1.807) is 0 Å². The molecule has 0 radical (unpaired) electrons. The Kier molecular flexibility index (Phi) is 49.1. The number of phosphoric ester groups is 1. The number of carbonyl (C=O) groups is 1. The fraction of sp³-hybridized carbons (Fsp3) is 0.796. The van der Waals surface area contributed by atoms with Crippen molar-refractivity contribution in [2.75, 3.05) is 33.0 Å². The molecule has 0 aromatic heterocycles. The van der Waals surface area contributed by atoms with E-state index in [2.05, 4.69) is 74.6 Å². The zero-order chi connectivity index (χ0) is 46.7. The molecule has 0 aliphatic heterocycles. The van der Waals surface area contributed by atoms with Crippen molar-refractivity contribution in [3.63, 3.8) is 0 Å². The smallest absolute Gasteiger partial charge is 0.457 e. The minimum atomic E-state index is -4.53. The molecule has 374 valence electrons. The van der Waals surface area contributed by atoms with Crippen LogP contribution in [0.3, 0.4) is 0 Å². The van der Waals surface area contributed by atoms with E-state index in [0.717, 1.165) is 83.5 Å². The molecular weight excluding hydrogens is 824 g/mol. The quantitative estimate of drug-likeness (QED) is 0.0236. The highest BCUT2D eigenvalue weighted by atomic mass is 31.2. The Hall–Kier alpha value is -1.84. The van der Waals surface area contributed by atoms with E-state index >= 15 is 0 Å². The highest BCUT2D eigenvalue weighted by Crippen LogP contribution is 2.43. The zero-order valence-corrected chi connectivity index (χ0v) is 42.1. The Morgan fingerprint density at radius 3 is 1.34 bits per heavy atom. The van der Waals surface area contributed by atoms with Gasteiger partial charge in [0, 0.05) is 13.0 Å². The molecule has 0 saturated carbocycles. The van der Waals surface area contributed by atoms with Crippen molar-refractivity contribution in [1.29, 1.82) is 0 Å². The normalized spacial score (nSPS) is 14.3. The molecular formula is C54H99O9P. The number of aliphatic hydroxyl groups is 2. The van der Waals surface area contributed by atoms with Gasteiger partial charge in [-0.3, -0.25) is 13.8 Å². The Morgan fingerprint density at radius 1 is 0.500 bits per heavy atom. The van der Waals surface area contributed by atoms with Crippen molar-refractivity contribution >= 4 is 13.8 Å². The highest BCUT2D eigenvalue weighted by Gasteiger charge is 2.26. The second kappa shape index (κ2) is 50.6. The van der Waals surface area contributed by atoms with E-state index in [1.807, 2.05) is 0 Å². The largest absolute Gasteiger partial charge is 0.472 e. The van der Waals surface area contributed by atoms with Gasteiger partial charge >= 0.3 is 13.8 Å². The molecule has 10 heteroatoms. The lowest BCUT2D eigenvalue weighted by Gasteiger charge is -2.20. The molecule has 3 atom stereocenters. The van der Waals surface area contributed by atoms with Crippen molar-refractivity contribution in [2.24, 2.45) is 0 Å². The third-order valence-corrected chi connectivity index (χ3v) is 12.2. The third-order valence-electron chi connectivity index (χ3n) is 11.2. The van der Waals surface area contributed by atoms with Crippen LogP contribution in [0.25, 0.3) is 0 Å². The minimum Gasteiger partial charge on any atom is -0.457 e. The molecule has 64 heavy (non-hydrogen) atoms. The number of hydrogen-bond donors (Lipinski definition) is 3. The number of hydrogen-bond acceptors (Lipinski definition) is 8. The van der Waals surface area contributed by atoms with Gasteiger partial charge in [0.1, 0.15) is 12.2 Å². The Labute approximate surface area is 393 Å². The van der Waals surface area contributed by atoms with E-state index in [0.29, 0.717) is 13.0 Å². The number of rotatable bonds is 50. The molecule has 0 aliphatic rings. The number of ether oxygens (including phenoxy) is 2. The van der Waals surface area contributed by atoms with Gasteiger partial charge in [-0.1, -0.05) is 229 Å². The van der Waals surface area contributed by atoms with E-state index in [1.165, 1.54) is 122 Å². The zero-order valence-electron chi connectivity index (χ0n) is 41.2. The average Bonchev–Trinajstić information content (AvgIpc) is 3.29. The Balaban J connectivity index is 4.09. The van der Waals surface area contributed by atoms with Crippen molar-refractivity contribution in [2.45, 2.75) is 244 Å². The molecule has 9 nitrogen and oxygen atoms in total. The van der Waals surface area contributed by atoms with Crippen LogP contribution in [0.2, 0.25) is 0 Å². The monoisotopic (exact) mass is 923 g/mol. The first-order chi connectivity index (χ1) is 31.3. The van der Waals surface area contributed by atoms with Crippen LogP contribution in [0.1, 0.15) is 232 Å². The number of allylic oxidation sites excluding steroid dienone is 10. The molecule has 3 unspecified atom stereocenters. The first-order valence-corrected chi connectivity index (χ1v) is 27.8. The summed E-state index contributed by atoms with van der Waals surface area (Å²) in [5, 5.41) is 18.4. The minimum absolute atomic E-state index is 0.0417. The second-order valence-corrected chi connectivity index (χ2v) is 19.0. The van der Waals surface area contributed by atoms with Gasteiger partial charge in [0.2, 0.25) is 0 Å². The molecule has 0 aliphatic carbocycles. The fourth-order valence-corrected chi connectivity index (χ4v) is 8.06. The predicted octanol–water partition coefficient (Wildman–Crippen LogP) is 15.5. The van der Waals surface area contributed by atoms with Crippen LogP contribution >= 0.6 is 7.82 Å². The topological polar surface area (TPSA) is 132 Å². The van der Waals surface area contributed by atoms with Gasteiger partial charge in [-0.05, 0) is 57.8 Å². The van der Waals surface area contributed by atoms with E-state index in [-0.39, 0.29) is 19.6 Å². The summed E-state index contributed by atoms with van der Waals surface area (Å²) in [5.41, 5.74) is 0. The number of phosphoric acid groups is 1. The summed E-state index contributed by atoms with van der Waals surface area (Å²) >= 11 is 0. The van der Waals surface area contributed by atoms with Gasteiger partial charge in [0.25, 0.3) is 0 Å². The fourth-order valence-electron chi connectivity index (χ4n) is 7.27. The number of unbranched alkanes of at least 4 members (excludes halogenated alkanes) is 26. The molecule has 0 heterocycles. The average molecular weight is 923 g/mol. The van der Waals surface area contributed by atoms with Crippen molar-refractivity contribution < 1.29 is 43.0 Å². The predicted molar refractivity (Wildman–Crippen MR) is 270 cm³/mol. The van der Waals surface area contributed by atoms with Crippen molar-refractivity contribution in [1.82, 2.24) is 0 Å². The van der Waals surface area contributed by atoms with Gasteiger partial charge in [-0.2, -0.15) is 0 Å². The molecule has 0 amide bonds. The molecule has 0 bridgehead atoms. The van der Waals surface area contributed by atoms with E-state index < -0.39 is 39.2 Å². The first-order valence-electron chi connectivity index (χ1n) is 26.3. The van der Waals surface area contributed by atoms with Crippen LogP contribution in [0.5, 0.6) is 0 Å². The van der Waals surface area contributed by atoms with Crippen LogP contribution in [0.15, 0.2) is 60.8 Å². The Morgan fingerprint density at radius 2 is 0.891 bits per heavy atom. The first kappa shape index (κ1) is 62.2. The molecule has 0 rings (SSSR count). The molecule has 3 N–H and O–H groups in total.